The van der Waals surface area contributed by atoms with Crippen molar-refractivity contribution < 1.29 is 14.5 Å². The van der Waals surface area contributed by atoms with Crippen LogP contribution in [0.2, 0.25) is 0 Å². The molecule has 1 fully saturated rings. The number of nitrogens with two attached hydrogens (primary N) is 1. The molecule has 0 aromatic heterocycles. The Bertz CT molecular complexity index is 568. The number of carbonyl (C=O) groups excluding carboxylic acids is 1. The lowest BCUT2D eigenvalue weighted by molar-refractivity contribution is -0.385. The Hall–Kier alpha value is -2.15. The van der Waals surface area contributed by atoms with Gasteiger partial charge in [0.25, 0.3) is 11.6 Å². The van der Waals surface area contributed by atoms with E-state index in [1.807, 2.05) is 13.8 Å². The third kappa shape index (κ3) is 4.41. The molecule has 1 atom stereocenters. The van der Waals surface area contributed by atoms with Gasteiger partial charge < -0.3 is 15.4 Å². The lowest BCUT2D eigenvalue weighted by atomic mass is 10.0. The van der Waals surface area contributed by atoms with Gasteiger partial charge in [-0.25, -0.2) is 0 Å². The van der Waals surface area contributed by atoms with E-state index in [0.717, 1.165) is 12.8 Å². The van der Waals surface area contributed by atoms with Crippen LogP contribution in [0.15, 0.2) is 24.3 Å². The van der Waals surface area contributed by atoms with Gasteiger partial charge in [0.15, 0.2) is 6.10 Å². The quantitative estimate of drug-likeness (QED) is 0.660. The number of nitrogens with zero attached hydrogens (tertiary/aromatic N) is 2. The lowest BCUT2D eigenvalue weighted by Gasteiger charge is -2.34. The van der Waals surface area contributed by atoms with Crippen LogP contribution in [0.1, 0.15) is 26.7 Å². The van der Waals surface area contributed by atoms with Crippen molar-refractivity contribution in [2.24, 2.45) is 11.7 Å². The van der Waals surface area contributed by atoms with Crippen LogP contribution in [0.25, 0.3) is 0 Å². The van der Waals surface area contributed by atoms with Crippen molar-refractivity contribution >= 4 is 11.6 Å². The molecular weight excluding hydrogens is 298 g/mol. The first-order chi connectivity index (χ1) is 10.9. The van der Waals surface area contributed by atoms with Gasteiger partial charge in [-0.2, -0.15) is 0 Å². The van der Waals surface area contributed by atoms with Crippen molar-refractivity contribution in [2.45, 2.75) is 38.8 Å². The smallest absolute Gasteiger partial charge is 0.273 e. The predicted octanol–water partition coefficient (Wildman–Crippen LogP) is 1.95. The first-order valence-corrected chi connectivity index (χ1v) is 7.84. The Labute approximate surface area is 135 Å². The zero-order valence-electron chi connectivity index (χ0n) is 13.5. The summed E-state index contributed by atoms with van der Waals surface area (Å²) in [6.07, 6.45) is 0.909. The minimum atomic E-state index is -0.661. The van der Waals surface area contributed by atoms with Crippen molar-refractivity contribution in [1.82, 2.24) is 4.90 Å². The molecule has 2 rings (SSSR count). The van der Waals surface area contributed by atoms with E-state index >= 15 is 0 Å². The summed E-state index contributed by atoms with van der Waals surface area (Å²) in [6, 6.07) is 6.06. The van der Waals surface area contributed by atoms with Crippen LogP contribution < -0.4 is 10.5 Å². The Morgan fingerprint density at radius 3 is 2.61 bits per heavy atom. The molecule has 1 aliphatic rings. The van der Waals surface area contributed by atoms with Crippen molar-refractivity contribution in [2.75, 3.05) is 13.1 Å². The molecule has 1 heterocycles. The summed E-state index contributed by atoms with van der Waals surface area (Å²) in [4.78, 5) is 24.8. The number of amides is 1. The maximum Gasteiger partial charge on any atom is 0.273 e. The van der Waals surface area contributed by atoms with Crippen LogP contribution in [-0.2, 0) is 4.79 Å². The van der Waals surface area contributed by atoms with Gasteiger partial charge in [-0.05, 0) is 24.8 Å². The van der Waals surface area contributed by atoms with Crippen LogP contribution in [0, 0.1) is 16.0 Å². The average Bonchev–Trinajstić information content (AvgIpc) is 2.52. The fraction of sp³-hybridized carbons (Fsp3) is 0.562. The van der Waals surface area contributed by atoms with Crippen LogP contribution in [0.3, 0.4) is 0 Å². The van der Waals surface area contributed by atoms with E-state index in [4.69, 9.17) is 10.5 Å². The molecule has 7 heteroatoms. The van der Waals surface area contributed by atoms with Crippen LogP contribution in [-0.4, -0.2) is 41.0 Å². The van der Waals surface area contributed by atoms with Gasteiger partial charge in [0.05, 0.1) is 11.0 Å². The van der Waals surface area contributed by atoms with E-state index in [9.17, 15) is 14.9 Å². The van der Waals surface area contributed by atoms with Gasteiger partial charge in [-0.3, -0.25) is 14.9 Å². The highest BCUT2D eigenvalue weighted by molar-refractivity contribution is 5.81. The highest BCUT2D eigenvalue weighted by atomic mass is 16.6. The second-order valence-electron chi connectivity index (χ2n) is 6.20. The monoisotopic (exact) mass is 321 g/mol. The van der Waals surface area contributed by atoms with Gasteiger partial charge in [-0.1, -0.05) is 19.9 Å². The van der Waals surface area contributed by atoms with Gasteiger partial charge in [0.1, 0.15) is 5.75 Å². The zero-order chi connectivity index (χ0) is 17.0. The molecule has 0 radical (unpaired) electrons. The number of rotatable bonds is 5. The van der Waals surface area contributed by atoms with Crippen molar-refractivity contribution in [3.05, 3.63) is 34.4 Å². The summed E-state index contributed by atoms with van der Waals surface area (Å²) >= 11 is 0. The Morgan fingerprint density at radius 2 is 2.04 bits per heavy atom. The summed E-state index contributed by atoms with van der Waals surface area (Å²) < 4.78 is 5.78. The van der Waals surface area contributed by atoms with Gasteiger partial charge in [0, 0.05) is 25.2 Å². The summed E-state index contributed by atoms with van der Waals surface area (Å²) in [7, 11) is 0. The third-order valence-electron chi connectivity index (χ3n) is 3.99. The number of benzene rings is 1. The molecule has 1 saturated heterocycles. The number of carbonyl (C=O) groups is 1. The lowest BCUT2D eigenvalue weighted by Crippen LogP contribution is -2.49. The van der Waals surface area contributed by atoms with Crippen molar-refractivity contribution in [3.63, 3.8) is 0 Å². The summed E-state index contributed by atoms with van der Waals surface area (Å²) in [5, 5.41) is 10.8. The number of likely N-dealkylation sites (tertiary alicyclic amines) is 1. The highest BCUT2D eigenvalue weighted by Crippen LogP contribution is 2.23. The third-order valence-corrected chi connectivity index (χ3v) is 3.99. The molecule has 0 saturated carbocycles. The van der Waals surface area contributed by atoms with Crippen LogP contribution in [0.4, 0.5) is 5.69 Å². The number of nitro groups is 1. The first kappa shape index (κ1) is 17.2. The Kier molecular flexibility index (Phi) is 5.54. The molecule has 0 spiro atoms. The topological polar surface area (TPSA) is 98.7 Å². The molecule has 0 bridgehead atoms. The number of hydrogen-bond acceptors (Lipinski definition) is 5. The molecule has 126 valence electrons. The summed E-state index contributed by atoms with van der Waals surface area (Å²) in [6.45, 7) is 5.05. The SMILES string of the molecule is CC(C)C(Oc1cccc([N+](=O)[O-])c1)C(=O)N1CCC(N)CC1. The molecule has 2 N–H and O–H groups in total. The van der Waals surface area contributed by atoms with Crippen LogP contribution in [0.5, 0.6) is 5.75 Å². The molecular formula is C16H23N3O4. The van der Waals surface area contributed by atoms with Gasteiger partial charge in [0.2, 0.25) is 0 Å². The number of piperidine rings is 1. The van der Waals surface area contributed by atoms with E-state index < -0.39 is 11.0 Å². The normalized spacial score (nSPS) is 17.1. The van der Waals surface area contributed by atoms with E-state index in [2.05, 4.69) is 0 Å². The number of non-ortho nitro benzene ring substituents is 1. The van der Waals surface area contributed by atoms with Crippen molar-refractivity contribution in [1.29, 1.82) is 0 Å². The highest BCUT2D eigenvalue weighted by Gasteiger charge is 2.31. The second kappa shape index (κ2) is 7.41. The second-order valence-corrected chi connectivity index (χ2v) is 6.20. The van der Waals surface area contributed by atoms with E-state index in [1.165, 1.54) is 12.1 Å². The van der Waals surface area contributed by atoms with Gasteiger partial charge in [-0.15, -0.1) is 0 Å². The van der Waals surface area contributed by atoms with E-state index in [1.54, 1.807) is 17.0 Å². The summed E-state index contributed by atoms with van der Waals surface area (Å²) in [5.74, 6) is 0.204. The molecule has 1 amide bonds. The molecule has 7 nitrogen and oxygen atoms in total. The number of hydrogen-bond donors (Lipinski definition) is 1. The Balaban J connectivity index is 2.11. The zero-order valence-corrected chi connectivity index (χ0v) is 13.5. The minimum absolute atomic E-state index is 0.0441. The largest absolute Gasteiger partial charge is 0.480 e. The fourth-order valence-electron chi connectivity index (χ4n) is 2.59. The predicted molar refractivity (Wildman–Crippen MR) is 86.1 cm³/mol. The van der Waals surface area contributed by atoms with Crippen LogP contribution >= 0.6 is 0 Å². The summed E-state index contributed by atoms with van der Waals surface area (Å²) in [5.41, 5.74) is 5.81. The standard InChI is InChI=1S/C16H23N3O4/c1-11(2)15(16(20)18-8-6-12(17)7-9-18)23-14-5-3-4-13(10-14)19(21)22/h3-5,10-12,15H,6-9,17H2,1-2H3. The average molecular weight is 321 g/mol. The fourth-order valence-corrected chi connectivity index (χ4v) is 2.59. The molecule has 1 unspecified atom stereocenters. The minimum Gasteiger partial charge on any atom is -0.480 e. The maximum absolute atomic E-state index is 12.7. The Morgan fingerprint density at radius 1 is 1.39 bits per heavy atom. The number of nitro benzene ring substituents is 1. The van der Waals surface area contributed by atoms with Gasteiger partial charge >= 0.3 is 0 Å². The molecule has 23 heavy (non-hydrogen) atoms. The molecule has 1 aromatic rings. The van der Waals surface area contributed by atoms with E-state index in [-0.39, 0.29) is 23.6 Å². The number of ether oxygens (including phenoxy) is 1. The molecule has 1 aromatic carbocycles. The molecule has 1 aliphatic heterocycles. The van der Waals surface area contributed by atoms with Crippen molar-refractivity contribution in [3.8, 4) is 5.75 Å². The maximum atomic E-state index is 12.7. The molecule has 0 aliphatic carbocycles. The van der Waals surface area contributed by atoms with E-state index in [0.29, 0.717) is 18.8 Å². The first-order valence-electron chi connectivity index (χ1n) is 7.84.